The van der Waals surface area contributed by atoms with Gasteiger partial charge in [0.25, 0.3) is 5.91 Å². The van der Waals surface area contributed by atoms with E-state index in [1.165, 1.54) is 4.31 Å². The molecule has 2 N–H and O–H groups in total. The molecule has 0 aliphatic carbocycles. The Morgan fingerprint density at radius 1 is 1.14 bits per heavy atom. The van der Waals surface area contributed by atoms with Crippen LogP contribution in [0, 0.1) is 20.8 Å². The molecule has 0 saturated carbocycles. The van der Waals surface area contributed by atoms with Crippen LogP contribution >= 0.6 is 0 Å². The van der Waals surface area contributed by atoms with Gasteiger partial charge in [-0.3, -0.25) is 4.79 Å². The molecule has 1 aliphatic rings. The van der Waals surface area contributed by atoms with Crippen LogP contribution in [0.15, 0.2) is 39.8 Å². The monoisotopic (exact) mass is 420 g/mol. The Morgan fingerprint density at radius 3 is 2.31 bits per heavy atom. The normalized spacial score (nSPS) is 16.8. The molecule has 1 aromatic carbocycles. The van der Waals surface area contributed by atoms with Crippen molar-refractivity contribution < 1.29 is 22.9 Å². The van der Waals surface area contributed by atoms with Gasteiger partial charge in [-0.15, -0.1) is 0 Å². The maximum atomic E-state index is 13.2. The van der Waals surface area contributed by atoms with E-state index in [9.17, 15) is 13.2 Å². The fraction of sp³-hybridized carbons (Fsp3) is 0.476. The van der Waals surface area contributed by atoms with Gasteiger partial charge >= 0.3 is 0 Å². The second-order valence-electron chi connectivity index (χ2n) is 7.76. The number of sulfonamides is 1. The highest BCUT2D eigenvalue weighted by atomic mass is 32.2. The molecule has 0 unspecified atom stereocenters. The predicted molar refractivity (Wildman–Crippen MR) is 110 cm³/mol. The number of nitrogens with two attached hydrogens (primary N) is 1. The van der Waals surface area contributed by atoms with Gasteiger partial charge < -0.3 is 14.6 Å². The third kappa shape index (κ3) is 4.71. The highest BCUT2D eigenvalue weighted by Gasteiger charge is 2.32. The molecule has 7 nitrogen and oxygen atoms in total. The third-order valence-electron chi connectivity index (χ3n) is 5.43. The van der Waals surface area contributed by atoms with Crippen molar-refractivity contribution in [3.8, 4) is 0 Å². The number of furan rings is 1. The molecule has 29 heavy (non-hydrogen) atoms. The number of benzene rings is 1. The van der Waals surface area contributed by atoms with E-state index in [0.717, 1.165) is 22.5 Å². The van der Waals surface area contributed by atoms with E-state index in [1.807, 2.05) is 57.3 Å². The maximum absolute atomic E-state index is 13.2. The summed E-state index contributed by atoms with van der Waals surface area (Å²) in [6.07, 6.45) is 1.62. The van der Waals surface area contributed by atoms with Crippen LogP contribution in [-0.2, 0) is 14.8 Å². The number of carbonyl (C=O) groups is 1. The molecule has 2 heterocycles. The fourth-order valence-electron chi connectivity index (χ4n) is 3.95. The standard InChI is InChI=1S/C21H29N3O4S/c1-15-12-16(2)21(17(3)13-15)29(26,27)24-9-7-23(8-10-24)20(25)14-22-18(4)19-6-5-11-28-19/h5-6,11-13,18,22H,7-10,14H2,1-4H3/p+1/t18-/m1/s1. The SMILES string of the molecule is Cc1cc(C)c(S(=O)(=O)N2CCN(C(=O)C[NH2+][C@H](C)c3ccco3)CC2)c(C)c1. The molecule has 0 spiro atoms. The molecule has 0 radical (unpaired) electrons. The lowest BCUT2D eigenvalue weighted by atomic mass is 10.1. The van der Waals surface area contributed by atoms with Crippen molar-refractivity contribution in [2.24, 2.45) is 0 Å². The van der Waals surface area contributed by atoms with Gasteiger partial charge in [0.15, 0.2) is 12.3 Å². The number of aryl methyl sites for hydroxylation is 3. The zero-order chi connectivity index (χ0) is 21.2. The average Bonchev–Trinajstić information content (AvgIpc) is 3.19. The topological polar surface area (TPSA) is 87.4 Å². The van der Waals surface area contributed by atoms with Crippen molar-refractivity contribution in [2.75, 3.05) is 32.7 Å². The van der Waals surface area contributed by atoms with Gasteiger partial charge in [0, 0.05) is 26.2 Å². The first kappa shape index (κ1) is 21.5. The molecule has 158 valence electrons. The number of nitrogens with zero attached hydrogens (tertiary/aromatic N) is 2. The van der Waals surface area contributed by atoms with Crippen molar-refractivity contribution in [3.63, 3.8) is 0 Å². The number of hydrogen-bond donors (Lipinski definition) is 1. The van der Waals surface area contributed by atoms with E-state index in [-0.39, 0.29) is 11.9 Å². The molecule has 2 aromatic rings. The zero-order valence-corrected chi connectivity index (χ0v) is 18.3. The first-order valence-electron chi connectivity index (χ1n) is 9.92. The van der Waals surface area contributed by atoms with Crippen molar-refractivity contribution in [1.29, 1.82) is 0 Å². The van der Waals surface area contributed by atoms with Crippen molar-refractivity contribution in [1.82, 2.24) is 9.21 Å². The highest BCUT2D eigenvalue weighted by molar-refractivity contribution is 7.89. The Labute approximate surface area is 172 Å². The van der Waals surface area contributed by atoms with E-state index in [4.69, 9.17) is 4.42 Å². The summed E-state index contributed by atoms with van der Waals surface area (Å²) in [4.78, 5) is 14.7. The molecular formula is C21H30N3O4S+. The van der Waals surface area contributed by atoms with Gasteiger partial charge in [0.05, 0.1) is 11.2 Å². The van der Waals surface area contributed by atoms with Crippen LogP contribution < -0.4 is 5.32 Å². The Balaban J connectivity index is 1.59. The highest BCUT2D eigenvalue weighted by Crippen LogP contribution is 2.26. The van der Waals surface area contributed by atoms with Crippen LogP contribution in [0.5, 0.6) is 0 Å². The van der Waals surface area contributed by atoms with Crippen molar-refractivity contribution in [2.45, 2.75) is 38.6 Å². The summed E-state index contributed by atoms with van der Waals surface area (Å²) in [7, 11) is -3.57. The summed E-state index contributed by atoms with van der Waals surface area (Å²) in [5.74, 6) is 0.848. The molecule has 1 aliphatic heterocycles. The molecular weight excluding hydrogens is 390 g/mol. The van der Waals surface area contributed by atoms with Gasteiger partial charge in [-0.1, -0.05) is 17.7 Å². The molecule has 1 aromatic heterocycles. The van der Waals surface area contributed by atoms with E-state index in [2.05, 4.69) is 0 Å². The van der Waals surface area contributed by atoms with Crippen LogP contribution in [-0.4, -0.2) is 56.3 Å². The summed E-state index contributed by atoms with van der Waals surface area (Å²) >= 11 is 0. The maximum Gasteiger partial charge on any atom is 0.277 e. The van der Waals surface area contributed by atoms with Gasteiger partial charge in [-0.2, -0.15) is 4.31 Å². The number of hydrogen-bond acceptors (Lipinski definition) is 4. The zero-order valence-electron chi connectivity index (χ0n) is 17.5. The molecule has 1 saturated heterocycles. The smallest absolute Gasteiger partial charge is 0.277 e. The summed E-state index contributed by atoms with van der Waals surface area (Å²) in [5, 5.41) is 1.93. The fourth-order valence-corrected chi connectivity index (χ4v) is 5.79. The Morgan fingerprint density at radius 2 is 1.76 bits per heavy atom. The molecule has 0 bridgehead atoms. The van der Waals surface area contributed by atoms with Crippen molar-refractivity contribution in [3.05, 3.63) is 53.0 Å². The number of amides is 1. The van der Waals surface area contributed by atoms with Crippen molar-refractivity contribution >= 4 is 15.9 Å². The Kier molecular flexibility index (Phi) is 6.45. The van der Waals surface area contributed by atoms with Crippen LogP contribution in [0.4, 0.5) is 0 Å². The molecule has 3 rings (SSSR count). The largest absolute Gasteiger partial charge is 0.463 e. The Bertz CT molecular complexity index is 939. The Hall–Kier alpha value is -2.16. The second-order valence-corrected chi connectivity index (χ2v) is 9.63. The lowest BCUT2D eigenvalue weighted by Crippen LogP contribution is -2.87. The van der Waals surface area contributed by atoms with E-state index in [0.29, 0.717) is 37.6 Å². The van der Waals surface area contributed by atoms with Crippen LogP contribution in [0.25, 0.3) is 0 Å². The summed E-state index contributed by atoms with van der Waals surface area (Å²) in [5.41, 5.74) is 2.58. The molecule has 1 amide bonds. The molecule has 1 atom stereocenters. The predicted octanol–water partition coefficient (Wildman–Crippen LogP) is 1.36. The lowest BCUT2D eigenvalue weighted by Gasteiger charge is -2.34. The number of piperazine rings is 1. The van der Waals surface area contributed by atoms with Gasteiger partial charge in [0.2, 0.25) is 10.0 Å². The minimum atomic E-state index is -3.57. The lowest BCUT2D eigenvalue weighted by molar-refractivity contribution is -0.685. The van der Waals surface area contributed by atoms with Gasteiger partial charge in [0.1, 0.15) is 6.04 Å². The second kappa shape index (κ2) is 8.69. The minimum absolute atomic E-state index is 0.0168. The van der Waals surface area contributed by atoms with Gasteiger partial charge in [-0.25, -0.2) is 8.42 Å². The molecule has 1 fully saturated rings. The summed E-state index contributed by atoms with van der Waals surface area (Å²) in [6.45, 7) is 9.38. The third-order valence-corrected chi connectivity index (χ3v) is 7.64. The number of carbonyl (C=O) groups excluding carboxylic acids is 1. The summed E-state index contributed by atoms with van der Waals surface area (Å²) in [6, 6.07) is 7.58. The van der Waals surface area contributed by atoms with E-state index < -0.39 is 10.0 Å². The first-order valence-corrected chi connectivity index (χ1v) is 11.4. The number of rotatable bonds is 6. The van der Waals surface area contributed by atoms with E-state index >= 15 is 0 Å². The van der Waals surface area contributed by atoms with E-state index in [1.54, 1.807) is 11.2 Å². The minimum Gasteiger partial charge on any atom is -0.463 e. The number of quaternary nitrogens is 1. The van der Waals surface area contributed by atoms with Crippen LogP contribution in [0.2, 0.25) is 0 Å². The quantitative estimate of drug-likeness (QED) is 0.764. The molecule has 8 heteroatoms. The average molecular weight is 421 g/mol. The van der Waals surface area contributed by atoms with Crippen LogP contribution in [0.1, 0.15) is 35.4 Å². The summed E-state index contributed by atoms with van der Waals surface area (Å²) < 4.78 is 33.2. The van der Waals surface area contributed by atoms with Gasteiger partial charge in [-0.05, 0) is 51.0 Å². The first-order chi connectivity index (χ1) is 13.7. The van der Waals surface area contributed by atoms with Crippen LogP contribution in [0.3, 0.4) is 0 Å².